The maximum absolute atomic E-state index is 12.6. The molecule has 0 spiro atoms. The van der Waals surface area contributed by atoms with Gasteiger partial charge in [-0.3, -0.25) is 4.79 Å². The van der Waals surface area contributed by atoms with Gasteiger partial charge in [0.2, 0.25) is 5.91 Å². The summed E-state index contributed by atoms with van der Waals surface area (Å²) in [5.41, 5.74) is 2.02. The number of carbonyl (C=O) groups excluding carboxylic acids is 1. The van der Waals surface area contributed by atoms with Crippen molar-refractivity contribution >= 4 is 22.9 Å². The van der Waals surface area contributed by atoms with Gasteiger partial charge in [0.1, 0.15) is 11.5 Å². The lowest BCUT2D eigenvalue weighted by atomic mass is 10.2. The number of thiophene rings is 1. The van der Waals surface area contributed by atoms with Crippen LogP contribution >= 0.6 is 11.3 Å². The predicted octanol–water partition coefficient (Wildman–Crippen LogP) is 2.66. The first kappa shape index (κ1) is 15.8. The van der Waals surface area contributed by atoms with Crippen molar-refractivity contribution in [2.75, 3.05) is 25.7 Å². The van der Waals surface area contributed by atoms with Gasteiger partial charge in [0.25, 0.3) is 0 Å². The van der Waals surface area contributed by atoms with Gasteiger partial charge in [-0.2, -0.15) is 11.3 Å². The van der Waals surface area contributed by atoms with Crippen LogP contribution in [-0.4, -0.2) is 32.7 Å². The Morgan fingerprint density at radius 3 is 2.61 bits per heavy atom. The molecule has 1 fully saturated rings. The lowest BCUT2D eigenvalue weighted by molar-refractivity contribution is -0.118. The highest BCUT2D eigenvalue weighted by Gasteiger charge is 2.32. The van der Waals surface area contributed by atoms with E-state index in [0.717, 1.165) is 18.7 Å². The first-order valence-electron chi connectivity index (χ1n) is 7.50. The minimum atomic E-state index is -0.146. The topological polar surface area (TPSA) is 50.8 Å². The van der Waals surface area contributed by atoms with Crippen LogP contribution in [0.5, 0.6) is 11.5 Å². The molecule has 0 radical (unpaired) electrons. The summed E-state index contributed by atoms with van der Waals surface area (Å²) in [6, 6.07) is 7.45. The number of carbonyl (C=O) groups is 1. The summed E-state index contributed by atoms with van der Waals surface area (Å²) < 4.78 is 10.6. The van der Waals surface area contributed by atoms with Gasteiger partial charge in [-0.25, -0.2) is 0 Å². The third-order valence-electron chi connectivity index (χ3n) is 3.99. The zero-order chi connectivity index (χ0) is 16.2. The average Bonchev–Trinajstić information content (AvgIpc) is 3.22. The summed E-state index contributed by atoms with van der Waals surface area (Å²) in [5, 5.41) is 7.48. The van der Waals surface area contributed by atoms with Crippen molar-refractivity contribution in [2.45, 2.75) is 19.0 Å². The van der Waals surface area contributed by atoms with Crippen molar-refractivity contribution in [3.8, 4) is 11.5 Å². The van der Waals surface area contributed by atoms with Crippen LogP contribution in [0.2, 0.25) is 0 Å². The van der Waals surface area contributed by atoms with Crippen LogP contribution in [0.1, 0.15) is 12.0 Å². The summed E-state index contributed by atoms with van der Waals surface area (Å²) in [5.74, 6) is 1.46. The number of benzene rings is 1. The third kappa shape index (κ3) is 3.48. The molecule has 5 nitrogen and oxygen atoms in total. The van der Waals surface area contributed by atoms with E-state index >= 15 is 0 Å². The third-order valence-corrected chi connectivity index (χ3v) is 4.72. The number of nitrogens with zero attached hydrogens (tertiary/aromatic N) is 1. The molecular weight excluding hydrogens is 312 g/mol. The Labute approximate surface area is 139 Å². The molecule has 0 saturated carbocycles. The van der Waals surface area contributed by atoms with Crippen LogP contribution in [0.3, 0.4) is 0 Å². The molecule has 23 heavy (non-hydrogen) atoms. The van der Waals surface area contributed by atoms with E-state index in [4.69, 9.17) is 9.47 Å². The summed E-state index contributed by atoms with van der Waals surface area (Å²) in [4.78, 5) is 14.4. The molecule has 6 heteroatoms. The Hall–Kier alpha value is -2.05. The minimum absolute atomic E-state index is 0.0931. The molecule has 2 aromatic rings. The van der Waals surface area contributed by atoms with Crippen molar-refractivity contribution in [1.29, 1.82) is 0 Å². The highest BCUT2D eigenvalue weighted by Crippen LogP contribution is 2.31. The van der Waals surface area contributed by atoms with Gasteiger partial charge in [0.15, 0.2) is 0 Å². The fourth-order valence-electron chi connectivity index (χ4n) is 2.71. The van der Waals surface area contributed by atoms with Gasteiger partial charge >= 0.3 is 0 Å². The maximum atomic E-state index is 12.6. The fourth-order valence-corrected chi connectivity index (χ4v) is 3.38. The van der Waals surface area contributed by atoms with E-state index in [2.05, 4.69) is 16.8 Å². The molecule has 1 amide bonds. The number of rotatable bonds is 6. The van der Waals surface area contributed by atoms with Crippen LogP contribution in [0, 0.1) is 0 Å². The minimum Gasteiger partial charge on any atom is -0.497 e. The summed E-state index contributed by atoms with van der Waals surface area (Å²) in [6.45, 7) is 1.41. The molecular formula is C17H20N2O3S. The first-order valence-corrected chi connectivity index (χ1v) is 8.44. The lowest BCUT2D eigenvalue weighted by Gasteiger charge is -2.19. The fraction of sp³-hybridized carbons (Fsp3) is 0.353. The van der Waals surface area contributed by atoms with Crippen LogP contribution in [0.25, 0.3) is 0 Å². The first-order chi connectivity index (χ1) is 11.2. The van der Waals surface area contributed by atoms with E-state index in [1.165, 1.54) is 5.56 Å². The van der Waals surface area contributed by atoms with Crippen LogP contribution in [-0.2, 0) is 11.3 Å². The van der Waals surface area contributed by atoms with E-state index in [9.17, 15) is 4.79 Å². The number of hydrogen-bond acceptors (Lipinski definition) is 5. The smallest absolute Gasteiger partial charge is 0.244 e. The molecule has 0 aliphatic carbocycles. The summed E-state index contributed by atoms with van der Waals surface area (Å²) in [7, 11) is 3.21. The Morgan fingerprint density at radius 2 is 2.00 bits per heavy atom. The summed E-state index contributed by atoms with van der Waals surface area (Å²) in [6.07, 6.45) is 0.794. The number of anilines is 1. The Bertz CT molecular complexity index is 650. The molecule has 1 aliphatic heterocycles. The zero-order valence-corrected chi connectivity index (χ0v) is 14.1. The number of methoxy groups -OCH3 is 2. The number of amides is 1. The second-order valence-electron chi connectivity index (χ2n) is 5.41. The molecule has 2 heterocycles. The van der Waals surface area contributed by atoms with Crippen LogP contribution in [0.4, 0.5) is 5.69 Å². The van der Waals surface area contributed by atoms with E-state index in [1.807, 2.05) is 17.5 Å². The monoisotopic (exact) mass is 332 g/mol. The highest BCUT2D eigenvalue weighted by atomic mass is 32.1. The van der Waals surface area contributed by atoms with Gasteiger partial charge in [-0.1, -0.05) is 0 Å². The lowest BCUT2D eigenvalue weighted by Crippen LogP contribution is -2.37. The van der Waals surface area contributed by atoms with Gasteiger partial charge in [0, 0.05) is 31.3 Å². The predicted molar refractivity (Wildman–Crippen MR) is 91.5 cm³/mol. The largest absolute Gasteiger partial charge is 0.497 e. The van der Waals surface area contributed by atoms with Gasteiger partial charge < -0.3 is 19.7 Å². The number of hydrogen-bond donors (Lipinski definition) is 1. The molecule has 1 aliphatic rings. The SMILES string of the molecule is COc1cc(OC)cc(N2CC[C@H](NCc3ccsc3)C2=O)c1. The van der Waals surface area contributed by atoms with Crippen molar-refractivity contribution in [3.63, 3.8) is 0 Å². The highest BCUT2D eigenvalue weighted by molar-refractivity contribution is 7.07. The van der Waals surface area contributed by atoms with E-state index in [1.54, 1.807) is 36.5 Å². The number of ether oxygens (including phenoxy) is 2. The molecule has 0 unspecified atom stereocenters. The van der Waals surface area contributed by atoms with Gasteiger partial charge in [0.05, 0.1) is 25.9 Å². The van der Waals surface area contributed by atoms with Crippen molar-refractivity contribution < 1.29 is 14.3 Å². The zero-order valence-electron chi connectivity index (χ0n) is 13.2. The van der Waals surface area contributed by atoms with E-state index in [0.29, 0.717) is 18.0 Å². The van der Waals surface area contributed by atoms with E-state index < -0.39 is 0 Å². The second kappa shape index (κ2) is 7.02. The Balaban J connectivity index is 1.71. The van der Waals surface area contributed by atoms with Crippen molar-refractivity contribution in [3.05, 3.63) is 40.6 Å². The molecule has 1 aromatic heterocycles. The molecule has 1 saturated heterocycles. The Kier molecular flexibility index (Phi) is 4.83. The normalized spacial score (nSPS) is 17.6. The quantitative estimate of drug-likeness (QED) is 0.884. The number of nitrogens with one attached hydrogen (secondary N) is 1. The second-order valence-corrected chi connectivity index (χ2v) is 6.19. The maximum Gasteiger partial charge on any atom is 0.244 e. The van der Waals surface area contributed by atoms with Gasteiger partial charge in [-0.05, 0) is 28.8 Å². The molecule has 1 atom stereocenters. The standard InChI is InChI=1S/C17H20N2O3S/c1-21-14-7-13(8-15(9-14)22-2)19-5-3-16(17(19)20)18-10-12-4-6-23-11-12/h4,6-9,11,16,18H,3,5,10H2,1-2H3/t16-/m0/s1. The van der Waals surface area contributed by atoms with E-state index in [-0.39, 0.29) is 11.9 Å². The Morgan fingerprint density at radius 1 is 1.26 bits per heavy atom. The van der Waals surface area contributed by atoms with Crippen molar-refractivity contribution in [2.24, 2.45) is 0 Å². The van der Waals surface area contributed by atoms with Gasteiger partial charge in [-0.15, -0.1) is 0 Å². The molecule has 1 aromatic carbocycles. The van der Waals surface area contributed by atoms with Crippen LogP contribution in [0.15, 0.2) is 35.0 Å². The van der Waals surface area contributed by atoms with Crippen molar-refractivity contribution in [1.82, 2.24) is 5.32 Å². The van der Waals surface area contributed by atoms with Crippen LogP contribution < -0.4 is 19.7 Å². The molecule has 1 N–H and O–H groups in total. The summed E-state index contributed by atoms with van der Waals surface area (Å²) >= 11 is 1.67. The molecule has 3 rings (SSSR count). The molecule has 0 bridgehead atoms. The average molecular weight is 332 g/mol. The molecule has 122 valence electrons.